The lowest BCUT2D eigenvalue weighted by atomic mass is 10.1. The first-order chi connectivity index (χ1) is 9.51. The summed E-state index contributed by atoms with van der Waals surface area (Å²) in [5, 5.41) is 9.09. The number of hydrogen-bond donors (Lipinski definition) is 1. The SMILES string of the molecule is N#Cc1cc(CS(=O)c2ccc(N)cc2Cl)ccc1F. The molecule has 0 radical (unpaired) electrons. The molecule has 0 aliphatic carbocycles. The second kappa shape index (κ2) is 6.04. The number of halogens is 2. The molecular formula is C14H10ClFN2OS. The summed E-state index contributed by atoms with van der Waals surface area (Å²) >= 11 is 5.99. The van der Waals surface area contributed by atoms with Crippen LogP contribution in [-0.2, 0) is 16.6 Å². The molecule has 20 heavy (non-hydrogen) atoms. The minimum Gasteiger partial charge on any atom is -0.399 e. The van der Waals surface area contributed by atoms with Gasteiger partial charge in [-0.2, -0.15) is 5.26 Å². The van der Waals surface area contributed by atoms with Gasteiger partial charge in [0.25, 0.3) is 0 Å². The van der Waals surface area contributed by atoms with Crippen molar-refractivity contribution in [3.05, 3.63) is 58.4 Å². The average Bonchev–Trinajstić information content (AvgIpc) is 2.40. The molecule has 0 aromatic heterocycles. The molecule has 3 nitrogen and oxygen atoms in total. The molecule has 6 heteroatoms. The van der Waals surface area contributed by atoms with Crippen LogP contribution in [0.1, 0.15) is 11.1 Å². The molecule has 2 aromatic carbocycles. The van der Waals surface area contributed by atoms with Crippen molar-refractivity contribution < 1.29 is 8.60 Å². The van der Waals surface area contributed by atoms with Crippen molar-refractivity contribution in [2.24, 2.45) is 0 Å². The zero-order valence-corrected chi connectivity index (χ0v) is 11.8. The molecule has 0 aliphatic rings. The highest BCUT2D eigenvalue weighted by Crippen LogP contribution is 2.24. The van der Waals surface area contributed by atoms with Crippen molar-refractivity contribution in [1.82, 2.24) is 0 Å². The molecule has 2 N–H and O–H groups in total. The highest BCUT2D eigenvalue weighted by atomic mass is 35.5. The third kappa shape index (κ3) is 3.16. The Labute approximate surface area is 123 Å². The Hall–Kier alpha value is -1.90. The smallest absolute Gasteiger partial charge is 0.140 e. The Morgan fingerprint density at radius 2 is 2.05 bits per heavy atom. The number of nitrogens with two attached hydrogens (primary N) is 1. The van der Waals surface area contributed by atoms with Crippen molar-refractivity contribution in [3.8, 4) is 6.07 Å². The van der Waals surface area contributed by atoms with Gasteiger partial charge in [-0.05, 0) is 35.9 Å². The van der Waals surface area contributed by atoms with Gasteiger partial charge in [0.15, 0.2) is 0 Å². The second-order valence-corrected chi connectivity index (χ2v) is 5.93. The van der Waals surface area contributed by atoms with Crippen molar-refractivity contribution in [1.29, 1.82) is 5.26 Å². The van der Waals surface area contributed by atoms with Crippen molar-refractivity contribution >= 4 is 28.1 Å². The zero-order valence-electron chi connectivity index (χ0n) is 10.3. The van der Waals surface area contributed by atoms with Gasteiger partial charge in [-0.3, -0.25) is 4.21 Å². The van der Waals surface area contributed by atoms with Gasteiger partial charge in [-0.1, -0.05) is 17.7 Å². The van der Waals surface area contributed by atoms with E-state index in [-0.39, 0.29) is 11.3 Å². The number of anilines is 1. The lowest BCUT2D eigenvalue weighted by Gasteiger charge is -2.06. The van der Waals surface area contributed by atoms with E-state index in [9.17, 15) is 8.60 Å². The van der Waals surface area contributed by atoms with Gasteiger partial charge in [-0.25, -0.2) is 4.39 Å². The van der Waals surface area contributed by atoms with Crippen molar-refractivity contribution in [3.63, 3.8) is 0 Å². The van der Waals surface area contributed by atoms with E-state index < -0.39 is 16.6 Å². The van der Waals surface area contributed by atoms with Crippen LogP contribution in [0.4, 0.5) is 10.1 Å². The molecule has 1 unspecified atom stereocenters. The summed E-state index contributed by atoms with van der Waals surface area (Å²) in [5.74, 6) is -0.439. The molecule has 0 amide bonds. The van der Waals surface area contributed by atoms with E-state index in [1.165, 1.54) is 24.3 Å². The van der Waals surface area contributed by atoms with E-state index in [0.29, 0.717) is 21.2 Å². The van der Waals surface area contributed by atoms with E-state index in [0.717, 1.165) is 0 Å². The highest BCUT2D eigenvalue weighted by molar-refractivity contribution is 7.84. The van der Waals surface area contributed by atoms with Crippen molar-refractivity contribution in [2.45, 2.75) is 10.6 Å². The van der Waals surface area contributed by atoms with Gasteiger partial charge in [-0.15, -0.1) is 0 Å². The van der Waals surface area contributed by atoms with Gasteiger partial charge in [0, 0.05) is 5.69 Å². The van der Waals surface area contributed by atoms with Crippen molar-refractivity contribution in [2.75, 3.05) is 5.73 Å². The van der Waals surface area contributed by atoms with Crippen LogP contribution in [0.5, 0.6) is 0 Å². The van der Waals surface area contributed by atoms with Crippen LogP contribution in [0.15, 0.2) is 41.3 Å². The minimum absolute atomic E-state index is 0.0668. The summed E-state index contributed by atoms with van der Waals surface area (Å²) in [4.78, 5) is 0.462. The second-order valence-electron chi connectivity index (χ2n) is 4.11. The molecule has 0 saturated heterocycles. The highest BCUT2D eigenvalue weighted by Gasteiger charge is 2.11. The summed E-state index contributed by atoms with van der Waals surface area (Å²) < 4.78 is 25.4. The summed E-state index contributed by atoms with van der Waals surface area (Å²) in [5.41, 5.74) is 6.60. The summed E-state index contributed by atoms with van der Waals surface area (Å²) in [6.07, 6.45) is 0. The Balaban J connectivity index is 2.26. The fourth-order valence-electron chi connectivity index (χ4n) is 1.68. The summed E-state index contributed by atoms with van der Waals surface area (Å²) in [6.45, 7) is 0. The number of nitriles is 1. The van der Waals surface area contributed by atoms with Crippen LogP contribution < -0.4 is 5.73 Å². The Morgan fingerprint density at radius 3 is 2.70 bits per heavy atom. The van der Waals surface area contributed by atoms with Crippen LogP contribution in [0.25, 0.3) is 0 Å². The predicted molar refractivity (Wildman–Crippen MR) is 77.1 cm³/mol. The molecular weight excluding hydrogens is 299 g/mol. The summed E-state index contributed by atoms with van der Waals surface area (Å²) in [7, 11) is -1.39. The monoisotopic (exact) mass is 308 g/mol. The lowest BCUT2D eigenvalue weighted by molar-refractivity contribution is 0.623. The Bertz CT molecular complexity index is 728. The number of rotatable bonds is 3. The van der Waals surface area contributed by atoms with Gasteiger partial charge < -0.3 is 5.73 Å². The van der Waals surface area contributed by atoms with Crippen LogP contribution in [0.2, 0.25) is 5.02 Å². The standard InChI is InChI=1S/C14H10ClFN2OS/c15-12-6-11(18)2-4-14(12)20(19)8-9-1-3-13(16)10(5-9)7-17/h1-6H,8,18H2. The minimum atomic E-state index is -1.39. The van der Waals surface area contributed by atoms with E-state index in [1.54, 1.807) is 18.2 Å². The molecule has 0 heterocycles. The van der Waals surface area contributed by atoms with E-state index >= 15 is 0 Å². The maximum atomic E-state index is 13.2. The van der Waals surface area contributed by atoms with E-state index in [2.05, 4.69) is 0 Å². The largest absolute Gasteiger partial charge is 0.399 e. The first kappa shape index (κ1) is 14.5. The molecule has 1 atom stereocenters. The molecule has 0 fully saturated rings. The number of nitrogens with zero attached hydrogens (tertiary/aromatic N) is 1. The third-order valence-corrected chi connectivity index (χ3v) is 4.52. The number of benzene rings is 2. The summed E-state index contributed by atoms with van der Waals surface area (Å²) in [6, 6.07) is 10.6. The fraction of sp³-hybridized carbons (Fsp3) is 0.0714. The van der Waals surface area contributed by atoms with Crippen LogP contribution >= 0.6 is 11.6 Å². The molecule has 0 bridgehead atoms. The quantitative estimate of drug-likeness (QED) is 0.885. The first-order valence-electron chi connectivity index (χ1n) is 5.63. The predicted octanol–water partition coefficient (Wildman–Crippen LogP) is 3.24. The maximum Gasteiger partial charge on any atom is 0.140 e. The normalized spacial score (nSPS) is 11.8. The molecule has 2 rings (SSSR count). The number of nitrogen functional groups attached to an aromatic ring is 1. The molecule has 0 spiro atoms. The lowest BCUT2D eigenvalue weighted by Crippen LogP contribution is -1.99. The first-order valence-corrected chi connectivity index (χ1v) is 7.33. The topological polar surface area (TPSA) is 66.9 Å². The van der Waals surface area contributed by atoms with Gasteiger partial charge in [0.05, 0.1) is 32.0 Å². The fourth-order valence-corrected chi connectivity index (χ4v) is 3.26. The van der Waals surface area contributed by atoms with Crippen LogP contribution in [0.3, 0.4) is 0 Å². The van der Waals surface area contributed by atoms with E-state index in [1.807, 2.05) is 0 Å². The molecule has 0 aliphatic heterocycles. The average molecular weight is 309 g/mol. The molecule has 2 aromatic rings. The van der Waals surface area contributed by atoms with Gasteiger partial charge in [0.2, 0.25) is 0 Å². The maximum absolute atomic E-state index is 13.2. The number of hydrogen-bond acceptors (Lipinski definition) is 3. The van der Waals surface area contributed by atoms with Crippen LogP contribution in [0, 0.1) is 17.1 Å². The Morgan fingerprint density at radius 1 is 1.30 bits per heavy atom. The molecule has 0 saturated carbocycles. The van der Waals surface area contributed by atoms with Crippen LogP contribution in [-0.4, -0.2) is 4.21 Å². The zero-order chi connectivity index (χ0) is 14.7. The van der Waals surface area contributed by atoms with Gasteiger partial charge in [0.1, 0.15) is 11.9 Å². The molecule has 102 valence electrons. The Kier molecular flexibility index (Phi) is 4.38. The van der Waals surface area contributed by atoms with E-state index in [4.69, 9.17) is 22.6 Å². The van der Waals surface area contributed by atoms with Gasteiger partial charge >= 0.3 is 0 Å². The third-order valence-electron chi connectivity index (χ3n) is 2.65.